The molecule has 2 atom stereocenters. The highest BCUT2D eigenvalue weighted by atomic mass is 31.1. The van der Waals surface area contributed by atoms with Crippen molar-refractivity contribution in [1.82, 2.24) is 19.1 Å². The first-order chi connectivity index (χ1) is 10.5. The highest BCUT2D eigenvalue weighted by Gasteiger charge is 2.24. The third-order valence-electron chi connectivity index (χ3n) is 2.70. The van der Waals surface area contributed by atoms with Crippen LogP contribution in [0.3, 0.4) is 0 Å². The minimum atomic E-state index is -3.12. The van der Waals surface area contributed by atoms with Crippen molar-refractivity contribution in [2.75, 3.05) is 0 Å². The van der Waals surface area contributed by atoms with E-state index < -0.39 is 20.7 Å². The van der Waals surface area contributed by atoms with Crippen molar-refractivity contribution in [2.24, 2.45) is 0 Å². The second-order valence-corrected chi connectivity index (χ2v) is 5.40. The molecule has 0 aliphatic heterocycles. The minimum absolute atomic E-state index is 0.373. The Morgan fingerprint density at radius 3 is 1.64 bits per heavy atom. The Morgan fingerprint density at radius 2 is 1.36 bits per heavy atom. The van der Waals surface area contributed by atoms with Crippen molar-refractivity contribution in [2.45, 2.75) is 26.3 Å². The zero-order chi connectivity index (χ0) is 16.1. The predicted octanol–water partition coefficient (Wildman–Crippen LogP) is 1.38. The van der Waals surface area contributed by atoms with Gasteiger partial charge in [0.25, 0.3) is 0 Å². The predicted molar refractivity (Wildman–Crippen MR) is 75.1 cm³/mol. The molecule has 2 heterocycles. The Bertz CT molecular complexity index is 599. The second kappa shape index (κ2) is 7.26. The van der Waals surface area contributed by atoms with Gasteiger partial charge < -0.3 is 9.13 Å². The quantitative estimate of drug-likeness (QED) is 0.675. The number of hydrogen-bond acceptors (Lipinski definition) is 7. The normalized spacial score (nSPS) is 15.2. The topological polar surface area (TPSA) is 105 Å². The van der Waals surface area contributed by atoms with Crippen LogP contribution in [0.5, 0.6) is 0 Å². The van der Waals surface area contributed by atoms with E-state index in [1.54, 1.807) is 0 Å². The van der Waals surface area contributed by atoms with Crippen molar-refractivity contribution >= 4 is 19.8 Å². The highest BCUT2D eigenvalue weighted by Crippen LogP contribution is 2.35. The zero-order valence-corrected chi connectivity index (χ0v) is 12.9. The molecule has 0 radical (unpaired) electrons. The lowest BCUT2D eigenvalue weighted by Gasteiger charge is -2.19. The molecule has 0 saturated heterocycles. The molecular weight excluding hydrogens is 311 g/mol. The summed E-state index contributed by atoms with van der Waals surface area (Å²) in [5.41, 5.74) is 0. The summed E-state index contributed by atoms with van der Waals surface area (Å²) in [5, 5.41) is 0. The molecule has 2 aromatic heterocycles. The van der Waals surface area contributed by atoms with Crippen LogP contribution in [0.25, 0.3) is 0 Å². The van der Waals surface area contributed by atoms with E-state index in [4.69, 9.17) is 9.05 Å². The Morgan fingerprint density at radius 1 is 0.955 bits per heavy atom. The van der Waals surface area contributed by atoms with Gasteiger partial charge in [-0.1, -0.05) is 0 Å². The maximum atomic E-state index is 12.0. The van der Waals surface area contributed by atoms with Crippen LogP contribution in [-0.4, -0.2) is 30.7 Å². The van der Waals surface area contributed by atoms with E-state index in [2.05, 4.69) is 9.97 Å². The van der Waals surface area contributed by atoms with Crippen molar-refractivity contribution < 1.29 is 23.2 Å². The van der Waals surface area contributed by atoms with Gasteiger partial charge in [-0.25, -0.2) is 9.97 Å². The number of ketones is 2. The molecule has 0 fully saturated rings. The molecule has 10 heteroatoms. The van der Waals surface area contributed by atoms with Gasteiger partial charge in [-0.2, -0.15) is 0 Å². The van der Waals surface area contributed by atoms with E-state index >= 15 is 0 Å². The monoisotopic (exact) mass is 326 g/mol. The Kier molecular flexibility index (Phi) is 5.37. The van der Waals surface area contributed by atoms with Crippen LogP contribution in [0.1, 0.15) is 26.3 Å². The van der Waals surface area contributed by atoms with Gasteiger partial charge in [0.1, 0.15) is 0 Å². The first kappa shape index (κ1) is 16.3. The van der Waals surface area contributed by atoms with Crippen molar-refractivity contribution in [3.63, 3.8) is 0 Å². The number of nitrogens with zero attached hydrogens (tertiary/aromatic N) is 4. The fourth-order valence-electron chi connectivity index (χ4n) is 1.73. The zero-order valence-electron chi connectivity index (χ0n) is 11.9. The molecule has 0 amide bonds. The Hall–Kier alpha value is -2.09. The summed E-state index contributed by atoms with van der Waals surface area (Å²) in [6.07, 6.45) is 6.40. The lowest BCUT2D eigenvalue weighted by atomic mass is 10.4. The number of aromatic nitrogens is 4. The molecule has 0 aliphatic carbocycles. The van der Waals surface area contributed by atoms with E-state index in [-0.39, 0.29) is 11.6 Å². The summed E-state index contributed by atoms with van der Waals surface area (Å²) in [5.74, 6) is -0.746. The second-order valence-electron chi connectivity index (χ2n) is 4.43. The lowest BCUT2D eigenvalue weighted by Crippen LogP contribution is -2.19. The maximum Gasteiger partial charge on any atom is 0.323 e. The lowest BCUT2D eigenvalue weighted by molar-refractivity contribution is -0.130. The van der Waals surface area contributed by atoms with Gasteiger partial charge in [0.05, 0.1) is 12.7 Å². The number of rotatable bonds is 8. The molecule has 9 nitrogen and oxygen atoms in total. The van der Waals surface area contributed by atoms with Gasteiger partial charge in [0.2, 0.25) is 12.5 Å². The van der Waals surface area contributed by atoms with Crippen LogP contribution < -0.4 is 0 Å². The van der Waals surface area contributed by atoms with Crippen LogP contribution in [0.2, 0.25) is 0 Å². The van der Waals surface area contributed by atoms with E-state index in [9.17, 15) is 14.2 Å². The molecule has 22 heavy (non-hydrogen) atoms. The molecule has 0 saturated carbocycles. The van der Waals surface area contributed by atoms with Crippen molar-refractivity contribution in [3.8, 4) is 0 Å². The van der Waals surface area contributed by atoms with Gasteiger partial charge in [-0.15, -0.1) is 0 Å². The largest absolute Gasteiger partial charge is 0.323 e. The fraction of sp³-hybridized carbons (Fsp3) is 0.333. The van der Waals surface area contributed by atoms with Gasteiger partial charge in [-0.05, 0) is 13.8 Å². The maximum absolute atomic E-state index is 12.0. The fourth-order valence-corrected chi connectivity index (χ4v) is 2.73. The highest BCUT2D eigenvalue weighted by molar-refractivity contribution is 7.33. The number of imidazole rings is 2. The number of carbonyl (C=O) groups excluding carboxylic acids is 2. The third-order valence-corrected chi connectivity index (χ3v) is 3.53. The summed E-state index contributed by atoms with van der Waals surface area (Å²) in [6, 6.07) is 0. The van der Waals surface area contributed by atoms with Crippen LogP contribution in [0, 0.1) is 0 Å². The molecule has 0 bridgehead atoms. The standard InChI is InChI=1S/C12H15N4O5P/c1-9(17)11(15-5-3-13-7-15)20-22(19)21-12(10(2)18)16-6-4-14-8-16/h3-8,11-12,22H,1-2H3. The van der Waals surface area contributed by atoms with Crippen LogP contribution in [0.15, 0.2) is 37.4 Å². The molecule has 2 unspecified atom stereocenters. The number of Topliss-reactive ketones (excluding diaryl/α,β-unsaturated/α-hetero) is 2. The molecule has 2 rings (SSSR count). The van der Waals surface area contributed by atoms with Crippen molar-refractivity contribution in [3.05, 3.63) is 37.4 Å². The summed E-state index contributed by atoms with van der Waals surface area (Å²) in [4.78, 5) is 30.8. The minimum Gasteiger partial charge on any atom is -0.304 e. The summed E-state index contributed by atoms with van der Waals surface area (Å²) in [6.45, 7) is 2.58. The summed E-state index contributed by atoms with van der Waals surface area (Å²) >= 11 is 0. The first-order valence-corrected chi connectivity index (χ1v) is 7.54. The smallest absolute Gasteiger partial charge is 0.304 e. The van der Waals surface area contributed by atoms with Crippen LogP contribution in [-0.2, 0) is 23.2 Å². The Labute approximate surface area is 126 Å². The first-order valence-electron chi connectivity index (χ1n) is 6.32. The van der Waals surface area contributed by atoms with E-state index in [0.717, 1.165) is 0 Å². The van der Waals surface area contributed by atoms with Crippen molar-refractivity contribution in [1.29, 1.82) is 0 Å². The molecular formula is C12H15N4O5P. The molecule has 0 N–H and O–H groups in total. The van der Waals surface area contributed by atoms with E-state index in [1.165, 1.54) is 60.4 Å². The molecule has 2 aromatic rings. The van der Waals surface area contributed by atoms with E-state index in [0.29, 0.717) is 0 Å². The number of hydrogen-bond donors (Lipinski definition) is 0. The summed E-state index contributed by atoms with van der Waals surface area (Å²) in [7, 11) is -3.12. The average molecular weight is 326 g/mol. The van der Waals surface area contributed by atoms with Crippen LogP contribution in [0.4, 0.5) is 0 Å². The van der Waals surface area contributed by atoms with Crippen LogP contribution >= 0.6 is 8.25 Å². The van der Waals surface area contributed by atoms with Gasteiger partial charge in [-0.3, -0.25) is 23.2 Å². The van der Waals surface area contributed by atoms with Gasteiger partial charge in [0, 0.05) is 24.8 Å². The molecule has 0 aromatic carbocycles. The molecule has 0 spiro atoms. The third kappa shape index (κ3) is 3.97. The van der Waals surface area contributed by atoms with Gasteiger partial charge in [0.15, 0.2) is 11.6 Å². The van der Waals surface area contributed by atoms with Gasteiger partial charge >= 0.3 is 8.25 Å². The SMILES string of the molecule is CC(=O)C(O[PH](=O)OC(C(C)=O)n1ccnc1)n1ccnc1. The van der Waals surface area contributed by atoms with E-state index in [1.807, 2.05) is 0 Å². The summed E-state index contributed by atoms with van der Waals surface area (Å²) < 4.78 is 25.0. The number of carbonyl (C=O) groups is 2. The average Bonchev–Trinajstić information content (AvgIpc) is 3.14. The Balaban J connectivity index is 2.07. The molecule has 0 aliphatic rings. The molecule has 118 valence electrons.